The first kappa shape index (κ1) is 13.1. The molecule has 3 N–H and O–H groups in total. The minimum Gasteiger partial charge on any atom is -0.397 e. The van der Waals surface area contributed by atoms with Gasteiger partial charge in [0.15, 0.2) is 0 Å². The van der Waals surface area contributed by atoms with Crippen molar-refractivity contribution in [1.82, 2.24) is 4.98 Å². The Labute approximate surface area is 112 Å². The van der Waals surface area contributed by atoms with Gasteiger partial charge in [-0.15, -0.1) is 0 Å². The summed E-state index contributed by atoms with van der Waals surface area (Å²) < 4.78 is 0. The molecule has 4 heteroatoms. The summed E-state index contributed by atoms with van der Waals surface area (Å²) >= 11 is 0. The van der Waals surface area contributed by atoms with Crippen LogP contribution >= 0.6 is 0 Å². The van der Waals surface area contributed by atoms with Crippen LogP contribution in [0.3, 0.4) is 0 Å². The molecular weight excluding hydrogens is 238 g/mol. The summed E-state index contributed by atoms with van der Waals surface area (Å²) in [5.74, 6) is -0.213. The van der Waals surface area contributed by atoms with Crippen molar-refractivity contribution in [2.75, 3.05) is 11.1 Å². The van der Waals surface area contributed by atoms with E-state index in [1.807, 2.05) is 32.9 Å². The number of carbonyl (C=O) groups is 1. The van der Waals surface area contributed by atoms with Gasteiger partial charge in [-0.25, -0.2) is 0 Å². The van der Waals surface area contributed by atoms with Crippen molar-refractivity contribution >= 4 is 17.3 Å². The van der Waals surface area contributed by atoms with Gasteiger partial charge in [-0.1, -0.05) is 17.7 Å². The molecule has 2 rings (SSSR count). The smallest absolute Gasteiger partial charge is 0.257 e. The number of pyridine rings is 1. The zero-order valence-electron chi connectivity index (χ0n) is 11.3. The standard InChI is InChI=1S/C15H17N3O/c1-9-6-10(2)14(11(3)7-9)18-15(19)12-4-5-17-8-13(12)16/h4-8H,16H2,1-3H3,(H,18,19). The molecule has 0 saturated carbocycles. The molecule has 0 aliphatic heterocycles. The number of benzene rings is 1. The monoisotopic (exact) mass is 255 g/mol. The molecule has 0 spiro atoms. The second kappa shape index (κ2) is 5.10. The molecule has 1 amide bonds. The van der Waals surface area contributed by atoms with Gasteiger partial charge in [-0.3, -0.25) is 9.78 Å². The highest BCUT2D eigenvalue weighted by atomic mass is 16.1. The number of nitrogens with one attached hydrogen (secondary N) is 1. The Bertz CT molecular complexity index is 612. The first-order valence-electron chi connectivity index (χ1n) is 6.07. The Morgan fingerprint density at radius 1 is 1.21 bits per heavy atom. The van der Waals surface area contributed by atoms with E-state index in [0.29, 0.717) is 11.3 Å². The van der Waals surface area contributed by atoms with E-state index in [0.717, 1.165) is 16.8 Å². The van der Waals surface area contributed by atoms with Crippen LogP contribution < -0.4 is 11.1 Å². The van der Waals surface area contributed by atoms with E-state index < -0.39 is 0 Å². The molecule has 1 aromatic carbocycles. The molecule has 0 unspecified atom stereocenters. The van der Waals surface area contributed by atoms with Crippen LogP contribution in [0.1, 0.15) is 27.0 Å². The zero-order valence-corrected chi connectivity index (χ0v) is 11.3. The maximum atomic E-state index is 12.2. The second-order valence-corrected chi connectivity index (χ2v) is 4.69. The maximum Gasteiger partial charge on any atom is 0.257 e. The fraction of sp³-hybridized carbons (Fsp3) is 0.200. The number of anilines is 2. The highest BCUT2D eigenvalue weighted by Gasteiger charge is 2.12. The molecule has 0 radical (unpaired) electrons. The van der Waals surface area contributed by atoms with Crippen LogP contribution in [-0.2, 0) is 0 Å². The summed E-state index contributed by atoms with van der Waals surface area (Å²) in [6, 6.07) is 5.70. The predicted molar refractivity (Wildman–Crippen MR) is 77.3 cm³/mol. The SMILES string of the molecule is Cc1cc(C)c(NC(=O)c2ccncc2N)c(C)c1. The van der Waals surface area contributed by atoms with Crippen molar-refractivity contribution in [3.8, 4) is 0 Å². The van der Waals surface area contributed by atoms with Crippen molar-refractivity contribution in [3.05, 3.63) is 52.8 Å². The lowest BCUT2D eigenvalue weighted by molar-refractivity contribution is 0.102. The molecule has 4 nitrogen and oxygen atoms in total. The van der Waals surface area contributed by atoms with Crippen LogP contribution in [0.4, 0.5) is 11.4 Å². The summed E-state index contributed by atoms with van der Waals surface area (Å²) in [6.45, 7) is 5.99. The number of amides is 1. The highest BCUT2D eigenvalue weighted by molar-refractivity contribution is 6.08. The summed E-state index contributed by atoms with van der Waals surface area (Å²) in [5.41, 5.74) is 10.7. The fourth-order valence-electron chi connectivity index (χ4n) is 2.17. The third-order valence-corrected chi connectivity index (χ3v) is 3.01. The van der Waals surface area contributed by atoms with E-state index in [4.69, 9.17) is 5.73 Å². The Kier molecular flexibility index (Phi) is 3.51. The highest BCUT2D eigenvalue weighted by Crippen LogP contribution is 2.23. The molecule has 0 saturated heterocycles. The van der Waals surface area contributed by atoms with Crippen LogP contribution in [-0.4, -0.2) is 10.9 Å². The summed E-state index contributed by atoms with van der Waals surface area (Å²) in [5, 5.41) is 2.92. The molecule has 1 heterocycles. The minimum absolute atomic E-state index is 0.213. The van der Waals surface area contributed by atoms with Crippen LogP contribution in [0.5, 0.6) is 0 Å². The van der Waals surface area contributed by atoms with Crippen molar-refractivity contribution in [1.29, 1.82) is 0 Å². The van der Waals surface area contributed by atoms with E-state index in [2.05, 4.69) is 10.3 Å². The lowest BCUT2D eigenvalue weighted by Crippen LogP contribution is -2.15. The number of carbonyl (C=O) groups excluding carboxylic acids is 1. The Balaban J connectivity index is 2.32. The van der Waals surface area contributed by atoms with Gasteiger partial charge in [0, 0.05) is 11.9 Å². The fourth-order valence-corrected chi connectivity index (χ4v) is 2.17. The van der Waals surface area contributed by atoms with Gasteiger partial charge in [-0.2, -0.15) is 0 Å². The number of nitrogens with zero attached hydrogens (tertiary/aromatic N) is 1. The number of aromatic nitrogens is 1. The van der Waals surface area contributed by atoms with Gasteiger partial charge in [0.05, 0.1) is 17.4 Å². The number of hydrogen-bond donors (Lipinski definition) is 2. The normalized spacial score (nSPS) is 10.3. The van der Waals surface area contributed by atoms with E-state index in [1.165, 1.54) is 11.8 Å². The van der Waals surface area contributed by atoms with Gasteiger partial charge in [0.1, 0.15) is 0 Å². The Morgan fingerprint density at radius 2 is 1.84 bits per heavy atom. The molecule has 1 aromatic heterocycles. The Morgan fingerprint density at radius 3 is 2.42 bits per heavy atom. The lowest BCUT2D eigenvalue weighted by atomic mass is 10.0. The molecule has 0 fully saturated rings. The number of nitrogens with two attached hydrogens (primary N) is 1. The molecule has 2 aromatic rings. The van der Waals surface area contributed by atoms with Gasteiger partial charge >= 0.3 is 0 Å². The van der Waals surface area contributed by atoms with Gasteiger partial charge in [0.2, 0.25) is 0 Å². The molecule has 0 atom stereocenters. The van der Waals surface area contributed by atoms with Crippen molar-refractivity contribution in [2.24, 2.45) is 0 Å². The van der Waals surface area contributed by atoms with Crippen molar-refractivity contribution < 1.29 is 4.79 Å². The first-order chi connectivity index (χ1) is 8.99. The Hall–Kier alpha value is -2.36. The summed E-state index contributed by atoms with van der Waals surface area (Å²) in [7, 11) is 0. The molecule has 0 aliphatic carbocycles. The van der Waals surface area contributed by atoms with Crippen molar-refractivity contribution in [2.45, 2.75) is 20.8 Å². The van der Waals surface area contributed by atoms with Gasteiger partial charge < -0.3 is 11.1 Å². The average molecular weight is 255 g/mol. The predicted octanol–water partition coefficient (Wildman–Crippen LogP) is 2.84. The summed E-state index contributed by atoms with van der Waals surface area (Å²) in [6.07, 6.45) is 3.03. The van der Waals surface area contributed by atoms with E-state index >= 15 is 0 Å². The van der Waals surface area contributed by atoms with Gasteiger partial charge in [-0.05, 0) is 38.0 Å². The van der Waals surface area contributed by atoms with Crippen LogP contribution in [0.2, 0.25) is 0 Å². The van der Waals surface area contributed by atoms with Crippen LogP contribution in [0.25, 0.3) is 0 Å². The average Bonchev–Trinajstić information content (AvgIpc) is 2.34. The molecule has 19 heavy (non-hydrogen) atoms. The first-order valence-corrected chi connectivity index (χ1v) is 6.07. The molecule has 0 aliphatic rings. The van der Waals surface area contributed by atoms with Crippen LogP contribution in [0, 0.1) is 20.8 Å². The van der Waals surface area contributed by atoms with E-state index in [-0.39, 0.29) is 5.91 Å². The minimum atomic E-state index is -0.213. The molecule has 0 bridgehead atoms. The number of hydrogen-bond acceptors (Lipinski definition) is 3. The second-order valence-electron chi connectivity index (χ2n) is 4.69. The van der Waals surface area contributed by atoms with Crippen LogP contribution in [0.15, 0.2) is 30.6 Å². The molecular formula is C15H17N3O. The topological polar surface area (TPSA) is 68.0 Å². The maximum absolute atomic E-state index is 12.2. The largest absolute Gasteiger partial charge is 0.397 e. The number of nitrogen functional groups attached to an aromatic ring is 1. The molecule has 98 valence electrons. The summed E-state index contributed by atoms with van der Waals surface area (Å²) in [4.78, 5) is 16.1. The van der Waals surface area contributed by atoms with Gasteiger partial charge in [0.25, 0.3) is 5.91 Å². The third kappa shape index (κ3) is 2.73. The number of rotatable bonds is 2. The van der Waals surface area contributed by atoms with E-state index in [1.54, 1.807) is 12.3 Å². The zero-order chi connectivity index (χ0) is 14.0. The number of aryl methyl sites for hydroxylation is 3. The lowest BCUT2D eigenvalue weighted by Gasteiger charge is -2.13. The third-order valence-electron chi connectivity index (χ3n) is 3.01. The van der Waals surface area contributed by atoms with Crippen molar-refractivity contribution in [3.63, 3.8) is 0 Å². The van der Waals surface area contributed by atoms with E-state index in [9.17, 15) is 4.79 Å². The quantitative estimate of drug-likeness (QED) is 0.867.